The first-order valence-corrected chi connectivity index (χ1v) is 10.5. The van der Waals surface area contributed by atoms with Crippen LogP contribution in [0.4, 0.5) is 0 Å². The van der Waals surface area contributed by atoms with E-state index < -0.39 is 11.1 Å². The van der Waals surface area contributed by atoms with Crippen LogP contribution in [0.1, 0.15) is 90.5 Å². The Labute approximate surface area is 146 Å². The Balaban J connectivity index is 0.00000232. The molecule has 1 unspecified atom stereocenters. The first kappa shape index (κ1) is 22.3. The quantitative estimate of drug-likeness (QED) is 0.337. The molecule has 0 fully saturated rings. The fraction of sp³-hybridized carbons (Fsp3) is 0.700. The van der Waals surface area contributed by atoms with Gasteiger partial charge in [0.05, 0.1) is 4.90 Å². The van der Waals surface area contributed by atoms with Gasteiger partial charge < -0.3 is 4.55 Å². The summed E-state index contributed by atoms with van der Waals surface area (Å²) >= 11 is -1.85. The molecule has 0 aliphatic heterocycles. The van der Waals surface area contributed by atoms with E-state index in [1.165, 1.54) is 69.8 Å². The standard InChI is InChI=1S/C18H30O2S.C2H6/c1-2-3-4-5-6-7-8-9-10-11-12-17-13-15-18(16-14-17)21(19)20;1-2/h13-16H,2-12H2,1H3,(H,19,20);1-2H3. The van der Waals surface area contributed by atoms with Crippen LogP contribution in [0.25, 0.3) is 0 Å². The molecule has 3 heteroatoms. The summed E-state index contributed by atoms with van der Waals surface area (Å²) in [7, 11) is 0. The van der Waals surface area contributed by atoms with Gasteiger partial charge in [-0.2, -0.15) is 0 Å². The maximum absolute atomic E-state index is 10.9. The van der Waals surface area contributed by atoms with Crippen LogP contribution in [0.2, 0.25) is 0 Å². The Bertz CT molecular complexity index is 387. The van der Waals surface area contributed by atoms with Gasteiger partial charge in [-0.3, -0.25) is 0 Å². The van der Waals surface area contributed by atoms with Crippen LogP contribution in [0, 0.1) is 0 Å². The summed E-state index contributed by atoms with van der Waals surface area (Å²) in [6.45, 7) is 6.26. The molecule has 0 amide bonds. The van der Waals surface area contributed by atoms with E-state index in [9.17, 15) is 4.21 Å². The van der Waals surface area contributed by atoms with Gasteiger partial charge in [0.25, 0.3) is 0 Å². The van der Waals surface area contributed by atoms with Crippen molar-refractivity contribution >= 4 is 11.1 Å². The second-order valence-corrected chi connectivity index (χ2v) is 6.79. The topological polar surface area (TPSA) is 37.3 Å². The van der Waals surface area contributed by atoms with Gasteiger partial charge in [0, 0.05) is 0 Å². The van der Waals surface area contributed by atoms with E-state index in [4.69, 9.17) is 4.55 Å². The van der Waals surface area contributed by atoms with E-state index in [1.54, 1.807) is 12.1 Å². The second-order valence-electron chi connectivity index (χ2n) is 5.83. The van der Waals surface area contributed by atoms with E-state index in [1.807, 2.05) is 26.0 Å². The highest BCUT2D eigenvalue weighted by Crippen LogP contribution is 2.13. The van der Waals surface area contributed by atoms with Gasteiger partial charge in [0.2, 0.25) is 0 Å². The molecule has 0 aliphatic carbocycles. The largest absolute Gasteiger partial charge is 0.302 e. The zero-order valence-electron chi connectivity index (χ0n) is 15.4. The number of hydrogen-bond acceptors (Lipinski definition) is 1. The van der Waals surface area contributed by atoms with Crippen LogP contribution in [0.3, 0.4) is 0 Å². The van der Waals surface area contributed by atoms with Crippen molar-refractivity contribution in [3.8, 4) is 0 Å². The number of unbranched alkanes of at least 4 members (excludes halogenated alkanes) is 9. The predicted molar refractivity (Wildman–Crippen MR) is 102 cm³/mol. The molecule has 1 atom stereocenters. The lowest BCUT2D eigenvalue weighted by molar-refractivity contribution is 0.556. The average molecular weight is 341 g/mol. The highest BCUT2D eigenvalue weighted by atomic mass is 32.2. The lowest BCUT2D eigenvalue weighted by atomic mass is 10.0. The summed E-state index contributed by atoms with van der Waals surface area (Å²) in [6, 6.07) is 7.44. The zero-order chi connectivity index (χ0) is 17.3. The van der Waals surface area contributed by atoms with E-state index in [0.29, 0.717) is 4.90 Å². The number of rotatable bonds is 12. The smallest absolute Gasteiger partial charge is 0.186 e. The fourth-order valence-electron chi connectivity index (χ4n) is 2.59. The highest BCUT2D eigenvalue weighted by molar-refractivity contribution is 7.79. The van der Waals surface area contributed by atoms with Crippen molar-refractivity contribution in [1.29, 1.82) is 0 Å². The summed E-state index contributed by atoms with van der Waals surface area (Å²) < 4.78 is 19.8. The van der Waals surface area contributed by atoms with Crippen molar-refractivity contribution in [2.75, 3.05) is 0 Å². The Morgan fingerprint density at radius 1 is 0.783 bits per heavy atom. The molecule has 0 radical (unpaired) electrons. The molecule has 23 heavy (non-hydrogen) atoms. The molecule has 1 aromatic rings. The molecular weight excluding hydrogens is 304 g/mol. The molecule has 0 aliphatic rings. The van der Waals surface area contributed by atoms with Gasteiger partial charge in [0.15, 0.2) is 11.1 Å². The van der Waals surface area contributed by atoms with E-state index in [-0.39, 0.29) is 0 Å². The third-order valence-corrected chi connectivity index (χ3v) is 4.62. The van der Waals surface area contributed by atoms with Crippen LogP contribution in [-0.2, 0) is 17.5 Å². The van der Waals surface area contributed by atoms with E-state index >= 15 is 0 Å². The first-order valence-electron chi connectivity index (χ1n) is 9.44. The van der Waals surface area contributed by atoms with Gasteiger partial charge in [-0.25, -0.2) is 4.21 Å². The molecular formula is C20H36O2S. The van der Waals surface area contributed by atoms with E-state index in [2.05, 4.69) is 6.92 Å². The summed E-state index contributed by atoms with van der Waals surface area (Å²) in [4.78, 5) is 0.488. The van der Waals surface area contributed by atoms with Crippen LogP contribution in [0.15, 0.2) is 29.2 Å². The molecule has 2 nitrogen and oxygen atoms in total. The summed E-state index contributed by atoms with van der Waals surface area (Å²) in [6.07, 6.45) is 14.6. The molecule has 0 saturated carbocycles. The Morgan fingerprint density at radius 3 is 1.65 bits per heavy atom. The molecule has 1 N–H and O–H groups in total. The molecule has 0 spiro atoms. The number of benzene rings is 1. The Kier molecular flexibility index (Phi) is 15.7. The summed E-state index contributed by atoms with van der Waals surface area (Å²) in [5, 5.41) is 0. The minimum Gasteiger partial charge on any atom is -0.302 e. The predicted octanol–water partition coefficient (Wildman–Crippen LogP) is 6.76. The molecule has 0 saturated heterocycles. The lowest BCUT2D eigenvalue weighted by Crippen LogP contribution is -1.90. The third-order valence-electron chi connectivity index (χ3n) is 3.94. The average Bonchev–Trinajstić information content (AvgIpc) is 2.59. The number of hydrogen-bond donors (Lipinski definition) is 1. The minimum absolute atomic E-state index is 0.488. The molecule has 0 aromatic heterocycles. The van der Waals surface area contributed by atoms with Gasteiger partial charge in [0.1, 0.15) is 0 Å². The maximum atomic E-state index is 10.9. The van der Waals surface area contributed by atoms with Crippen LogP contribution in [-0.4, -0.2) is 8.76 Å². The monoisotopic (exact) mass is 340 g/mol. The van der Waals surface area contributed by atoms with Gasteiger partial charge in [-0.05, 0) is 30.5 Å². The summed E-state index contributed by atoms with van der Waals surface area (Å²) in [5.74, 6) is 0. The van der Waals surface area contributed by atoms with Gasteiger partial charge in [-0.1, -0.05) is 90.7 Å². The second kappa shape index (κ2) is 16.2. The van der Waals surface area contributed by atoms with Crippen molar-refractivity contribution < 1.29 is 8.76 Å². The Morgan fingerprint density at radius 2 is 1.22 bits per heavy atom. The van der Waals surface area contributed by atoms with Crippen molar-refractivity contribution in [2.24, 2.45) is 0 Å². The van der Waals surface area contributed by atoms with Crippen molar-refractivity contribution in [1.82, 2.24) is 0 Å². The molecule has 1 rings (SSSR count). The molecule has 0 heterocycles. The van der Waals surface area contributed by atoms with Crippen molar-refractivity contribution in [3.63, 3.8) is 0 Å². The van der Waals surface area contributed by atoms with Crippen LogP contribution in [0.5, 0.6) is 0 Å². The van der Waals surface area contributed by atoms with Gasteiger partial charge in [-0.15, -0.1) is 0 Å². The maximum Gasteiger partial charge on any atom is 0.186 e. The molecule has 134 valence electrons. The molecule has 0 bridgehead atoms. The normalized spacial score (nSPS) is 11.7. The summed E-state index contributed by atoms with van der Waals surface area (Å²) in [5.41, 5.74) is 1.27. The van der Waals surface area contributed by atoms with Crippen LogP contribution >= 0.6 is 0 Å². The Hall–Kier alpha value is -0.670. The van der Waals surface area contributed by atoms with E-state index in [0.717, 1.165) is 6.42 Å². The molecule has 1 aromatic carbocycles. The van der Waals surface area contributed by atoms with Gasteiger partial charge >= 0.3 is 0 Å². The number of aryl methyl sites for hydroxylation is 1. The zero-order valence-corrected chi connectivity index (χ0v) is 16.2. The highest BCUT2D eigenvalue weighted by Gasteiger charge is 1.99. The fourth-order valence-corrected chi connectivity index (χ4v) is 2.96. The SMILES string of the molecule is CC.CCCCCCCCCCCCc1ccc(S(=O)O)cc1. The van der Waals surface area contributed by atoms with Crippen molar-refractivity contribution in [2.45, 2.75) is 96.3 Å². The third kappa shape index (κ3) is 12.4. The van der Waals surface area contributed by atoms with Crippen molar-refractivity contribution in [3.05, 3.63) is 29.8 Å². The first-order chi connectivity index (χ1) is 11.2. The minimum atomic E-state index is -1.85. The van der Waals surface area contributed by atoms with Crippen LogP contribution < -0.4 is 0 Å². The lowest BCUT2D eigenvalue weighted by Gasteiger charge is -2.03.